The normalized spacial score (nSPS) is 10.3. The molecule has 0 atom stereocenters. The maximum absolute atomic E-state index is 6.10. The molecule has 17 heavy (non-hydrogen) atoms. The van der Waals surface area contributed by atoms with Gasteiger partial charge in [-0.25, -0.2) is 0 Å². The number of rotatable bonds is 6. The van der Waals surface area contributed by atoms with Gasteiger partial charge in [0.15, 0.2) is 0 Å². The number of hydrogen-bond donors (Lipinski definition) is 1. The van der Waals surface area contributed by atoms with Crippen molar-refractivity contribution in [3.05, 3.63) is 28.8 Å². The highest BCUT2D eigenvalue weighted by atomic mass is 35.5. The topological polar surface area (TPSA) is 38.5 Å². The molecule has 3 nitrogen and oxygen atoms in total. The Bertz CT molecular complexity index is 398. The largest absolute Gasteiger partial charge is 0.389 e. The number of nitrogens with zero attached hydrogens (tertiary/aromatic N) is 1. The van der Waals surface area contributed by atoms with E-state index in [2.05, 4.69) is 4.90 Å². The van der Waals surface area contributed by atoms with Crippen molar-refractivity contribution in [2.75, 3.05) is 31.7 Å². The minimum Gasteiger partial charge on any atom is -0.389 e. The van der Waals surface area contributed by atoms with E-state index in [4.69, 9.17) is 34.3 Å². The van der Waals surface area contributed by atoms with Crippen LogP contribution < -0.4 is 10.6 Å². The summed E-state index contributed by atoms with van der Waals surface area (Å²) >= 11 is 11.0. The van der Waals surface area contributed by atoms with E-state index < -0.39 is 0 Å². The lowest BCUT2D eigenvalue weighted by molar-refractivity contribution is 0.154. The summed E-state index contributed by atoms with van der Waals surface area (Å²) in [5, 5.41) is 0.582. The molecule has 0 fully saturated rings. The number of halogens is 1. The van der Waals surface area contributed by atoms with Crippen molar-refractivity contribution >= 4 is 34.5 Å². The molecule has 0 saturated heterocycles. The molecule has 0 radical (unpaired) electrons. The van der Waals surface area contributed by atoms with Gasteiger partial charge in [0.1, 0.15) is 4.99 Å². The Balaban J connectivity index is 2.72. The van der Waals surface area contributed by atoms with Crippen LogP contribution in [0.1, 0.15) is 12.5 Å². The third-order valence-corrected chi connectivity index (χ3v) is 2.97. The molecule has 0 aliphatic rings. The molecule has 0 aromatic heterocycles. The minimum absolute atomic E-state index is 0.318. The van der Waals surface area contributed by atoms with Gasteiger partial charge < -0.3 is 15.4 Å². The lowest BCUT2D eigenvalue weighted by Crippen LogP contribution is -2.22. The molecular formula is C12H17ClN2OS. The molecule has 0 unspecified atom stereocenters. The van der Waals surface area contributed by atoms with Gasteiger partial charge in [-0.15, -0.1) is 0 Å². The number of thiocarbonyl (C=S) groups is 1. The first-order valence-corrected chi connectivity index (χ1v) is 6.23. The molecule has 1 aromatic rings. The zero-order valence-electron chi connectivity index (χ0n) is 10.1. The van der Waals surface area contributed by atoms with E-state index in [0.29, 0.717) is 22.2 Å². The predicted octanol–water partition coefficient (Wildman–Crippen LogP) is 2.45. The van der Waals surface area contributed by atoms with Crippen molar-refractivity contribution in [1.29, 1.82) is 0 Å². The molecule has 5 heteroatoms. The van der Waals surface area contributed by atoms with Gasteiger partial charge in [-0.3, -0.25) is 0 Å². The molecular weight excluding hydrogens is 256 g/mol. The summed E-state index contributed by atoms with van der Waals surface area (Å²) in [5.41, 5.74) is 7.29. The van der Waals surface area contributed by atoms with Crippen LogP contribution in [0.25, 0.3) is 0 Å². The molecule has 0 heterocycles. The van der Waals surface area contributed by atoms with Gasteiger partial charge >= 0.3 is 0 Å². The monoisotopic (exact) mass is 272 g/mol. The first-order valence-electron chi connectivity index (χ1n) is 5.44. The van der Waals surface area contributed by atoms with Gasteiger partial charge in [0.25, 0.3) is 0 Å². The summed E-state index contributed by atoms with van der Waals surface area (Å²) in [6, 6.07) is 5.66. The number of likely N-dealkylation sites (N-methyl/N-ethyl adjacent to an activating group) is 1. The maximum atomic E-state index is 6.10. The second-order valence-corrected chi connectivity index (χ2v) is 4.49. The third-order valence-electron chi connectivity index (χ3n) is 2.43. The van der Waals surface area contributed by atoms with Gasteiger partial charge in [0.2, 0.25) is 0 Å². The molecule has 0 aliphatic carbocycles. The van der Waals surface area contributed by atoms with E-state index in [1.54, 1.807) is 0 Å². The zero-order valence-corrected chi connectivity index (χ0v) is 11.6. The molecule has 0 spiro atoms. The summed E-state index contributed by atoms with van der Waals surface area (Å²) < 4.78 is 5.30. The third kappa shape index (κ3) is 4.15. The van der Waals surface area contributed by atoms with Crippen LogP contribution in [-0.2, 0) is 4.74 Å². The van der Waals surface area contributed by atoms with Crippen molar-refractivity contribution in [3.8, 4) is 0 Å². The van der Waals surface area contributed by atoms with E-state index in [9.17, 15) is 0 Å². The van der Waals surface area contributed by atoms with Gasteiger partial charge in [0, 0.05) is 31.5 Å². The van der Waals surface area contributed by atoms with Gasteiger partial charge in [-0.05, 0) is 25.1 Å². The van der Waals surface area contributed by atoms with Gasteiger partial charge in [-0.2, -0.15) is 0 Å². The predicted molar refractivity (Wildman–Crippen MR) is 77.1 cm³/mol. The maximum Gasteiger partial charge on any atom is 0.105 e. The first-order chi connectivity index (χ1) is 8.06. The molecule has 1 aromatic carbocycles. The van der Waals surface area contributed by atoms with E-state index >= 15 is 0 Å². The Morgan fingerprint density at radius 3 is 2.76 bits per heavy atom. The highest BCUT2D eigenvalue weighted by Crippen LogP contribution is 2.22. The van der Waals surface area contributed by atoms with Crippen LogP contribution in [0.4, 0.5) is 5.69 Å². The second kappa shape index (κ2) is 6.79. The minimum atomic E-state index is 0.318. The van der Waals surface area contributed by atoms with Gasteiger partial charge in [0.05, 0.1) is 11.6 Å². The van der Waals surface area contributed by atoms with E-state index in [-0.39, 0.29) is 0 Å². The highest BCUT2D eigenvalue weighted by Gasteiger charge is 2.07. The fraction of sp³-hybridized carbons (Fsp3) is 0.417. The Morgan fingerprint density at radius 1 is 1.53 bits per heavy atom. The van der Waals surface area contributed by atoms with Crippen molar-refractivity contribution in [2.24, 2.45) is 5.73 Å². The average Bonchev–Trinajstić information content (AvgIpc) is 2.28. The summed E-state index contributed by atoms with van der Waals surface area (Å²) in [7, 11) is 1.99. The molecule has 0 saturated carbocycles. The summed E-state index contributed by atoms with van der Waals surface area (Å²) in [6.45, 7) is 4.22. The number of anilines is 1. The molecule has 0 bridgehead atoms. The molecule has 0 aliphatic heterocycles. The van der Waals surface area contributed by atoms with Crippen LogP contribution in [0.5, 0.6) is 0 Å². The summed E-state index contributed by atoms with van der Waals surface area (Å²) in [6.07, 6.45) is 0. The summed E-state index contributed by atoms with van der Waals surface area (Å²) in [4.78, 5) is 2.39. The van der Waals surface area contributed by atoms with Crippen LogP contribution in [0.3, 0.4) is 0 Å². The Morgan fingerprint density at radius 2 is 2.24 bits per heavy atom. The average molecular weight is 273 g/mol. The Kier molecular flexibility index (Phi) is 5.68. The number of benzene rings is 1. The quantitative estimate of drug-likeness (QED) is 0.638. The smallest absolute Gasteiger partial charge is 0.105 e. The molecule has 1 rings (SSSR count). The fourth-order valence-corrected chi connectivity index (χ4v) is 1.93. The molecule has 0 amide bonds. The zero-order chi connectivity index (χ0) is 12.8. The van der Waals surface area contributed by atoms with Crippen molar-refractivity contribution in [3.63, 3.8) is 0 Å². The van der Waals surface area contributed by atoms with E-state index in [1.165, 1.54) is 0 Å². The van der Waals surface area contributed by atoms with Gasteiger partial charge in [-0.1, -0.05) is 23.8 Å². The lowest BCUT2D eigenvalue weighted by Gasteiger charge is -2.20. The molecule has 2 N–H and O–H groups in total. The van der Waals surface area contributed by atoms with Crippen molar-refractivity contribution < 1.29 is 4.74 Å². The van der Waals surface area contributed by atoms with Crippen LogP contribution >= 0.6 is 23.8 Å². The van der Waals surface area contributed by atoms with Crippen LogP contribution in [0.15, 0.2) is 18.2 Å². The number of nitrogens with two attached hydrogens (primary N) is 1. The lowest BCUT2D eigenvalue weighted by atomic mass is 10.2. The van der Waals surface area contributed by atoms with Crippen LogP contribution in [0, 0.1) is 0 Å². The van der Waals surface area contributed by atoms with E-state index in [1.807, 2.05) is 32.2 Å². The highest BCUT2D eigenvalue weighted by molar-refractivity contribution is 7.80. The SMILES string of the molecule is CCOCCN(C)c1ccc(C(N)=S)c(Cl)c1. The second-order valence-electron chi connectivity index (χ2n) is 3.65. The summed E-state index contributed by atoms with van der Waals surface area (Å²) in [5.74, 6) is 0. The van der Waals surface area contributed by atoms with Crippen molar-refractivity contribution in [2.45, 2.75) is 6.92 Å². The molecule has 94 valence electrons. The Hall–Kier alpha value is -0.840. The van der Waals surface area contributed by atoms with Crippen molar-refractivity contribution in [1.82, 2.24) is 0 Å². The van der Waals surface area contributed by atoms with E-state index in [0.717, 1.165) is 18.8 Å². The standard InChI is InChI=1S/C12H17ClN2OS/c1-3-16-7-6-15(2)9-4-5-10(12(14)17)11(13)8-9/h4-5,8H,3,6-7H2,1-2H3,(H2,14,17). The van der Waals surface area contributed by atoms with Crippen LogP contribution in [0.2, 0.25) is 5.02 Å². The first kappa shape index (κ1) is 14.2. The Labute approximate surface area is 112 Å². The fourth-order valence-electron chi connectivity index (χ4n) is 1.42. The number of ether oxygens (including phenoxy) is 1. The van der Waals surface area contributed by atoms with Crippen LogP contribution in [-0.4, -0.2) is 31.8 Å². The number of hydrogen-bond acceptors (Lipinski definition) is 3.